The van der Waals surface area contributed by atoms with E-state index in [1.807, 2.05) is 19.1 Å². The molecule has 8 heteroatoms. The van der Waals surface area contributed by atoms with Gasteiger partial charge in [-0.1, -0.05) is 11.6 Å². The van der Waals surface area contributed by atoms with Crippen LogP contribution in [0.1, 0.15) is 28.3 Å². The maximum atomic E-state index is 12.7. The summed E-state index contributed by atoms with van der Waals surface area (Å²) in [7, 11) is 0. The lowest BCUT2D eigenvalue weighted by atomic mass is 10.1. The molecular weight excluding hydrogens is 358 g/mol. The Morgan fingerprint density at radius 3 is 2.88 bits per heavy atom. The maximum Gasteiger partial charge on any atom is 0.266 e. The molecule has 2 N–H and O–H groups in total. The SMILES string of the molecule is Cc1ccc(CN2CCN(C(=O)c3c[nH]c(=O)c(Cl)c3)C[C@@H]2CCO)o1. The third-order valence-electron chi connectivity index (χ3n) is 4.61. The van der Waals surface area contributed by atoms with Crippen molar-refractivity contribution in [3.63, 3.8) is 0 Å². The van der Waals surface area contributed by atoms with Crippen molar-refractivity contribution < 1.29 is 14.3 Å². The van der Waals surface area contributed by atoms with Crippen LogP contribution in [0, 0.1) is 6.92 Å². The van der Waals surface area contributed by atoms with Gasteiger partial charge in [0, 0.05) is 38.5 Å². The molecule has 0 saturated carbocycles. The third kappa shape index (κ3) is 4.17. The molecule has 1 saturated heterocycles. The van der Waals surface area contributed by atoms with Crippen LogP contribution in [0.5, 0.6) is 0 Å². The summed E-state index contributed by atoms with van der Waals surface area (Å²) in [6.45, 7) is 4.32. The molecule has 0 bridgehead atoms. The summed E-state index contributed by atoms with van der Waals surface area (Å²) >= 11 is 5.82. The van der Waals surface area contributed by atoms with E-state index >= 15 is 0 Å². The molecule has 1 atom stereocenters. The van der Waals surface area contributed by atoms with Crippen molar-refractivity contribution in [1.29, 1.82) is 0 Å². The number of amides is 1. The number of carbonyl (C=O) groups excluding carboxylic acids is 1. The van der Waals surface area contributed by atoms with Gasteiger partial charge in [0.05, 0.1) is 12.1 Å². The minimum atomic E-state index is -0.417. The number of hydrogen-bond donors (Lipinski definition) is 2. The van der Waals surface area contributed by atoms with E-state index in [1.165, 1.54) is 12.3 Å². The molecule has 7 nitrogen and oxygen atoms in total. The molecule has 1 amide bonds. The predicted molar refractivity (Wildman–Crippen MR) is 97.3 cm³/mol. The third-order valence-corrected chi connectivity index (χ3v) is 4.89. The van der Waals surface area contributed by atoms with E-state index in [9.17, 15) is 14.7 Å². The fraction of sp³-hybridized carbons (Fsp3) is 0.444. The second kappa shape index (κ2) is 8.07. The Morgan fingerprint density at radius 2 is 2.23 bits per heavy atom. The van der Waals surface area contributed by atoms with Crippen molar-refractivity contribution in [2.45, 2.75) is 25.9 Å². The number of aliphatic hydroxyl groups excluding tert-OH is 1. The van der Waals surface area contributed by atoms with Crippen LogP contribution in [0.15, 0.2) is 33.6 Å². The zero-order chi connectivity index (χ0) is 18.7. The standard InChI is InChI=1S/C18H22ClN3O4/c1-12-2-3-15(26-12)11-21-5-6-22(10-14(21)4-7-23)18(25)13-8-16(19)17(24)20-9-13/h2-3,8-9,14,23H,4-7,10-11H2,1H3,(H,20,24)/t14-/m0/s1. The van der Waals surface area contributed by atoms with E-state index in [1.54, 1.807) is 4.90 Å². The Morgan fingerprint density at radius 1 is 1.42 bits per heavy atom. The highest BCUT2D eigenvalue weighted by molar-refractivity contribution is 6.30. The summed E-state index contributed by atoms with van der Waals surface area (Å²) in [5.74, 6) is 1.56. The molecule has 2 aromatic rings. The Labute approximate surface area is 156 Å². The highest BCUT2D eigenvalue weighted by Gasteiger charge is 2.30. The largest absolute Gasteiger partial charge is 0.465 e. The van der Waals surface area contributed by atoms with Crippen molar-refractivity contribution in [3.05, 3.63) is 56.9 Å². The summed E-state index contributed by atoms with van der Waals surface area (Å²) in [4.78, 5) is 30.5. The van der Waals surface area contributed by atoms with Crippen LogP contribution in [0.4, 0.5) is 0 Å². The highest BCUT2D eigenvalue weighted by atomic mass is 35.5. The van der Waals surface area contributed by atoms with Gasteiger partial charge in [0.25, 0.3) is 11.5 Å². The first-order valence-electron chi connectivity index (χ1n) is 8.55. The first-order valence-corrected chi connectivity index (χ1v) is 8.93. The maximum absolute atomic E-state index is 12.7. The monoisotopic (exact) mass is 379 g/mol. The number of H-pyrrole nitrogens is 1. The first-order chi connectivity index (χ1) is 12.5. The van der Waals surface area contributed by atoms with Crippen LogP contribution in [-0.2, 0) is 6.54 Å². The van der Waals surface area contributed by atoms with E-state index in [-0.39, 0.29) is 23.6 Å². The highest BCUT2D eigenvalue weighted by Crippen LogP contribution is 2.19. The van der Waals surface area contributed by atoms with E-state index in [0.29, 0.717) is 38.2 Å². The normalized spacial score (nSPS) is 18.3. The van der Waals surface area contributed by atoms with Crippen LogP contribution in [-0.4, -0.2) is 58.1 Å². The average molecular weight is 380 g/mol. The van der Waals surface area contributed by atoms with Crippen molar-refractivity contribution in [2.75, 3.05) is 26.2 Å². The Hall–Kier alpha value is -2.09. The van der Waals surface area contributed by atoms with Gasteiger partial charge in [-0.3, -0.25) is 14.5 Å². The van der Waals surface area contributed by atoms with Gasteiger partial charge in [-0.05, 0) is 31.5 Å². The molecule has 1 fully saturated rings. The Balaban J connectivity index is 1.71. The topological polar surface area (TPSA) is 89.8 Å². The average Bonchev–Trinajstić information content (AvgIpc) is 3.03. The number of rotatable bonds is 5. The number of aliphatic hydroxyl groups is 1. The second-order valence-corrected chi connectivity index (χ2v) is 6.87. The summed E-state index contributed by atoms with van der Waals surface area (Å²) in [5, 5.41) is 9.40. The van der Waals surface area contributed by atoms with Gasteiger partial charge in [0.15, 0.2) is 0 Å². The fourth-order valence-electron chi connectivity index (χ4n) is 3.24. The van der Waals surface area contributed by atoms with Crippen LogP contribution in [0.25, 0.3) is 0 Å². The molecule has 0 spiro atoms. The number of hydrogen-bond acceptors (Lipinski definition) is 5. The Kier molecular flexibility index (Phi) is 5.80. The molecule has 0 unspecified atom stereocenters. The van der Waals surface area contributed by atoms with E-state index in [4.69, 9.17) is 16.0 Å². The van der Waals surface area contributed by atoms with E-state index in [2.05, 4.69) is 9.88 Å². The van der Waals surface area contributed by atoms with Gasteiger partial charge in [-0.25, -0.2) is 0 Å². The van der Waals surface area contributed by atoms with Crippen LogP contribution in [0.3, 0.4) is 0 Å². The number of aryl methyl sites for hydroxylation is 1. The van der Waals surface area contributed by atoms with E-state index in [0.717, 1.165) is 11.5 Å². The van der Waals surface area contributed by atoms with Crippen molar-refractivity contribution >= 4 is 17.5 Å². The number of nitrogens with one attached hydrogen (secondary N) is 1. The lowest BCUT2D eigenvalue weighted by Gasteiger charge is -2.41. The number of aromatic amines is 1. The minimum Gasteiger partial charge on any atom is -0.465 e. The van der Waals surface area contributed by atoms with Gasteiger partial charge in [-0.15, -0.1) is 0 Å². The first kappa shape index (κ1) is 18.7. The van der Waals surface area contributed by atoms with Crippen molar-refractivity contribution in [3.8, 4) is 0 Å². The molecule has 3 rings (SSSR count). The van der Waals surface area contributed by atoms with Gasteiger partial charge in [-0.2, -0.15) is 0 Å². The molecule has 1 aliphatic heterocycles. The summed E-state index contributed by atoms with van der Waals surface area (Å²) in [5.41, 5.74) is -0.0626. The number of pyridine rings is 1. The van der Waals surface area contributed by atoms with Gasteiger partial charge >= 0.3 is 0 Å². The molecule has 0 radical (unpaired) electrons. The predicted octanol–water partition coefficient (Wildman–Crippen LogP) is 1.64. The van der Waals surface area contributed by atoms with Gasteiger partial charge in [0.2, 0.25) is 0 Å². The molecular formula is C18H22ClN3O4. The Bertz CT molecular complexity index is 832. The van der Waals surface area contributed by atoms with Gasteiger partial charge in [0.1, 0.15) is 16.5 Å². The van der Waals surface area contributed by atoms with E-state index < -0.39 is 5.56 Å². The molecule has 3 heterocycles. The quantitative estimate of drug-likeness (QED) is 0.824. The zero-order valence-electron chi connectivity index (χ0n) is 14.6. The number of carbonyl (C=O) groups is 1. The summed E-state index contributed by atoms with van der Waals surface area (Å²) < 4.78 is 5.65. The molecule has 1 aliphatic rings. The lowest BCUT2D eigenvalue weighted by Crippen LogP contribution is -2.54. The minimum absolute atomic E-state index is 0.00502. The molecule has 0 aromatic carbocycles. The van der Waals surface area contributed by atoms with Crippen LogP contribution in [0.2, 0.25) is 5.02 Å². The molecule has 2 aromatic heterocycles. The molecule has 140 valence electrons. The summed E-state index contributed by atoms with van der Waals surface area (Å²) in [6.07, 6.45) is 1.95. The molecule has 0 aliphatic carbocycles. The van der Waals surface area contributed by atoms with Crippen LogP contribution < -0.4 is 5.56 Å². The fourth-order valence-corrected chi connectivity index (χ4v) is 3.41. The zero-order valence-corrected chi connectivity index (χ0v) is 15.3. The number of nitrogens with zero attached hydrogens (tertiary/aromatic N) is 2. The van der Waals surface area contributed by atoms with Crippen LogP contribution >= 0.6 is 11.6 Å². The van der Waals surface area contributed by atoms with Gasteiger partial charge < -0.3 is 19.4 Å². The number of halogens is 1. The number of piperazine rings is 1. The smallest absolute Gasteiger partial charge is 0.266 e. The number of furan rings is 1. The lowest BCUT2D eigenvalue weighted by molar-refractivity contribution is 0.0372. The number of aromatic nitrogens is 1. The van der Waals surface area contributed by atoms with Crippen molar-refractivity contribution in [2.24, 2.45) is 0 Å². The van der Waals surface area contributed by atoms with Crippen molar-refractivity contribution in [1.82, 2.24) is 14.8 Å². The summed E-state index contributed by atoms with van der Waals surface area (Å²) in [6, 6.07) is 5.30. The second-order valence-electron chi connectivity index (χ2n) is 6.47. The molecule has 26 heavy (non-hydrogen) atoms.